The zero-order valence-corrected chi connectivity index (χ0v) is 12.5. The molecule has 0 aliphatic heterocycles. The summed E-state index contributed by atoms with van der Waals surface area (Å²) in [5.41, 5.74) is 2.81. The minimum Gasteiger partial charge on any atom is -0.378 e. The fourth-order valence-electron chi connectivity index (χ4n) is 1.82. The average molecular weight is 323 g/mol. The maximum Gasteiger partial charge on any atom is 0.253 e. The van der Waals surface area contributed by atoms with Gasteiger partial charge >= 0.3 is 0 Å². The maximum atomic E-state index is 12.0. The van der Waals surface area contributed by atoms with Crippen LogP contribution in [0.3, 0.4) is 0 Å². The van der Waals surface area contributed by atoms with Gasteiger partial charge in [0.05, 0.1) is 25.2 Å². The summed E-state index contributed by atoms with van der Waals surface area (Å²) in [5, 5.41) is 0. The molecule has 5 heteroatoms. The van der Waals surface area contributed by atoms with E-state index in [-0.39, 0.29) is 5.56 Å². The second-order valence-corrected chi connectivity index (χ2v) is 5.16. The summed E-state index contributed by atoms with van der Waals surface area (Å²) < 4.78 is 7.59. The summed E-state index contributed by atoms with van der Waals surface area (Å²) >= 11 is 3.49. The third-order valence-corrected chi connectivity index (χ3v) is 3.81. The number of hydrogen-bond acceptors (Lipinski definition) is 3. The minimum absolute atomic E-state index is 0.0681. The van der Waals surface area contributed by atoms with Crippen LogP contribution in [0.1, 0.15) is 16.8 Å². The summed E-state index contributed by atoms with van der Waals surface area (Å²) in [6.45, 7) is 2.90. The van der Waals surface area contributed by atoms with Gasteiger partial charge in [0.2, 0.25) is 0 Å². The molecule has 0 bridgehead atoms. The molecule has 0 fully saturated rings. The topological polar surface area (TPSA) is 44.1 Å². The number of methoxy groups -OCH3 is 1. The van der Waals surface area contributed by atoms with E-state index in [1.54, 1.807) is 18.0 Å². The van der Waals surface area contributed by atoms with Crippen molar-refractivity contribution >= 4 is 15.9 Å². The van der Waals surface area contributed by atoms with Crippen LogP contribution in [0.5, 0.6) is 0 Å². The predicted octanol–water partition coefficient (Wildman–Crippen LogP) is 2.51. The second kappa shape index (κ2) is 6.12. The van der Waals surface area contributed by atoms with Gasteiger partial charge in [-0.25, -0.2) is 4.98 Å². The molecule has 2 rings (SSSR count). The highest BCUT2D eigenvalue weighted by molar-refractivity contribution is 9.10. The van der Waals surface area contributed by atoms with Crippen molar-refractivity contribution in [1.82, 2.24) is 9.55 Å². The second-order valence-electron chi connectivity index (χ2n) is 4.30. The van der Waals surface area contributed by atoms with Gasteiger partial charge in [-0.2, -0.15) is 0 Å². The van der Waals surface area contributed by atoms with E-state index in [0.29, 0.717) is 18.8 Å². The van der Waals surface area contributed by atoms with E-state index in [4.69, 9.17) is 4.74 Å². The Morgan fingerprint density at radius 2 is 2.21 bits per heavy atom. The first-order chi connectivity index (χ1) is 9.11. The van der Waals surface area contributed by atoms with Gasteiger partial charge in [0, 0.05) is 17.6 Å². The molecule has 0 saturated heterocycles. The SMILES string of the molecule is COCc1cc(=O)n(Cc2cccc(Br)c2C)cn1. The zero-order valence-electron chi connectivity index (χ0n) is 10.9. The maximum absolute atomic E-state index is 12.0. The lowest BCUT2D eigenvalue weighted by molar-refractivity contribution is 0.181. The van der Waals surface area contributed by atoms with Crippen molar-refractivity contribution in [2.24, 2.45) is 0 Å². The molecule has 0 atom stereocenters. The van der Waals surface area contributed by atoms with E-state index in [0.717, 1.165) is 15.6 Å². The van der Waals surface area contributed by atoms with Crippen LogP contribution in [0.2, 0.25) is 0 Å². The number of nitrogens with zero attached hydrogens (tertiary/aromatic N) is 2. The summed E-state index contributed by atoms with van der Waals surface area (Å²) in [5.74, 6) is 0. The molecule has 0 aliphatic rings. The molecule has 0 amide bonds. The van der Waals surface area contributed by atoms with Crippen LogP contribution in [-0.2, 0) is 17.9 Å². The molecule has 0 radical (unpaired) electrons. The first kappa shape index (κ1) is 14.0. The Kier molecular flexibility index (Phi) is 4.50. The first-order valence-electron chi connectivity index (χ1n) is 5.90. The van der Waals surface area contributed by atoms with Crippen molar-refractivity contribution in [3.05, 3.63) is 62.2 Å². The van der Waals surface area contributed by atoms with E-state index < -0.39 is 0 Å². The molecule has 100 valence electrons. The van der Waals surface area contributed by atoms with Gasteiger partial charge < -0.3 is 4.74 Å². The molecule has 0 aliphatic carbocycles. The van der Waals surface area contributed by atoms with Gasteiger partial charge in [0.25, 0.3) is 5.56 Å². The standard InChI is InChI=1S/C14H15BrN2O2/c1-10-11(4-3-5-13(10)15)7-17-9-16-12(8-19-2)6-14(17)18/h3-6,9H,7-8H2,1-2H3. The lowest BCUT2D eigenvalue weighted by Crippen LogP contribution is -2.21. The van der Waals surface area contributed by atoms with Crippen molar-refractivity contribution in [3.63, 3.8) is 0 Å². The van der Waals surface area contributed by atoms with Gasteiger partial charge in [-0.1, -0.05) is 28.1 Å². The molecule has 0 spiro atoms. The number of benzene rings is 1. The van der Waals surface area contributed by atoms with Crippen LogP contribution < -0.4 is 5.56 Å². The zero-order chi connectivity index (χ0) is 13.8. The van der Waals surface area contributed by atoms with E-state index in [2.05, 4.69) is 20.9 Å². The van der Waals surface area contributed by atoms with Crippen LogP contribution in [0.25, 0.3) is 0 Å². The van der Waals surface area contributed by atoms with E-state index in [9.17, 15) is 4.79 Å². The van der Waals surface area contributed by atoms with Crippen LogP contribution in [-0.4, -0.2) is 16.7 Å². The lowest BCUT2D eigenvalue weighted by atomic mass is 10.1. The minimum atomic E-state index is -0.0681. The lowest BCUT2D eigenvalue weighted by Gasteiger charge is -2.10. The fraction of sp³-hybridized carbons (Fsp3) is 0.286. The Morgan fingerprint density at radius 1 is 1.42 bits per heavy atom. The van der Waals surface area contributed by atoms with Gasteiger partial charge in [-0.05, 0) is 24.1 Å². The molecular formula is C14H15BrN2O2. The van der Waals surface area contributed by atoms with Crippen LogP contribution in [0.4, 0.5) is 0 Å². The highest BCUT2D eigenvalue weighted by atomic mass is 79.9. The average Bonchev–Trinajstić information content (AvgIpc) is 2.38. The highest BCUT2D eigenvalue weighted by Gasteiger charge is 2.05. The summed E-state index contributed by atoms with van der Waals surface area (Å²) in [7, 11) is 1.58. The van der Waals surface area contributed by atoms with Crippen molar-refractivity contribution in [2.45, 2.75) is 20.1 Å². The smallest absolute Gasteiger partial charge is 0.253 e. The van der Waals surface area contributed by atoms with Crippen molar-refractivity contribution in [3.8, 4) is 0 Å². The Bertz CT molecular complexity index is 638. The molecule has 0 N–H and O–H groups in total. The Labute approximate surface area is 120 Å². The summed E-state index contributed by atoms with van der Waals surface area (Å²) in [6.07, 6.45) is 1.57. The summed E-state index contributed by atoms with van der Waals surface area (Å²) in [4.78, 5) is 16.2. The van der Waals surface area contributed by atoms with Crippen molar-refractivity contribution in [1.29, 1.82) is 0 Å². The Hall–Kier alpha value is -1.46. The number of hydrogen-bond donors (Lipinski definition) is 0. The van der Waals surface area contributed by atoms with Gasteiger partial charge in [0.15, 0.2) is 0 Å². The largest absolute Gasteiger partial charge is 0.378 e. The molecule has 0 unspecified atom stereocenters. The third kappa shape index (κ3) is 3.30. The normalized spacial score (nSPS) is 10.7. The van der Waals surface area contributed by atoms with Crippen LogP contribution in [0.15, 0.2) is 39.9 Å². The molecular weight excluding hydrogens is 308 g/mol. The van der Waals surface area contributed by atoms with Gasteiger partial charge in [0.1, 0.15) is 0 Å². The number of rotatable bonds is 4. The number of halogens is 1. The highest BCUT2D eigenvalue weighted by Crippen LogP contribution is 2.19. The third-order valence-electron chi connectivity index (χ3n) is 2.95. The van der Waals surface area contributed by atoms with Crippen LogP contribution >= 0.6 is 15.9 Å². The number of aromatic nitrogens is 2. The van der Waals surface area contributed by atoms with E-state index in [1.807, 2.05) is 25.1 Å². The molecule has 1 aromatic carbocycles. The molecule has 0 saturated carbocycles. The molecule has 4 nitrogen and oxygen atoms in total. The van der Waals surface area contributed by atoms with Gasteiger partial charge in [-0.3, -0.25) is 9.36 Å². The van der Waals surface area contributed by atoms with Crippen molar-refractivity contribution in [2.75, 3.05) is 7.11 Å². The molecule has 2 aromatic rings. The molecule has 19 heavy (non-hydrogen) atoms. The van der Waals surface area contributed by atoms with Gasteiger partial charge in [-0.15, -0.1) is 0 Å². The van der Waals surface area contributed by atoms with Crippen molar-refractivity contribution < 1.29 is 4.74 Å². The monoisotopic (exact) mass is 322 g/mol. The fourth-order valence-corrected chi connectivity index (χ4v) is 2.22. The quantitative estimate of drug-likeness (QED) is 0.868. The van der Waals surface area contributed by atoms with Crippen LogP contribution in [0, 0.1) is 6.92 Å². The number of ether oxygens (including phenoxy) is 1. The first-order valence-corrected chi connectivity index (χ1v) is 6.69. The van der Waals surface area contributed by atoms with E-state index in [1.165, 1.54) is 6.07 Å². The Morgan fingerprint density at radius 3 is 2.89 bits per heavy atom. The Balaban J connectivity index is 2.29. The van der Waals surface area contributed by atoms with E-state index >= 15 is 0 Å². The summed E-state index contributed by atoms with van der Waals surface area (Å²) in [6, 6.07) is 7.47. The molecule has 1 heterocycles. The molecule has 1 aromatic heterocycles. The predicted molar refractivity (Wildman–Crippen MR) is 77.2 cm³/mol.